The summed E-state index contributed by atoms with van der Waals surface area (Å²) < 4.78 is 0. The molecule has 0 radical (unpaired) electrons. The molecule has 0 bridgehead atoms. The number of carbonyl (C=O) groups is 1. The highest BCUT2D eigenvalue weighted by Crippen LogP contribution is 2.16. The van der Waals surface area contributed by atoms with E-state index in [1.807, 2.05) is 6.92 Å². The van der Waals surface area contributed by atoms with E-state index in [0.717, 1.165) is 31.0 Å². The van der Waals surface area contributed by atoms with Crippen LogP contribution in [0.2, 0.25) is 0 Å². The Balaban J connectivity index is 3.25. The molecule has 0 aliphatic rings. The van der Waals surface area contributed by atoms with Crippen molar-refractivity contribution in [2.24, 2.45) is 0 Å². The molecule has 1 N–H and O–H groups in total. The number of unbranched alkanes of at least 4 members (excludes halogenated alkanes) is 1. The van der Waals surface area contributed by atoms with E-state index < -0.39 is 5.30 Å². The number of carboxylic acid groups (broad SMARTS) is 1. The Hall–Kier alpha value is -0.180. The van der Waals surface area contributed by atoms with E-state index in [-0.39, 0.29) is 5.25 Å². The lowest BCUT2D eigenvalue weighted by Crippen LogP contribution is -1.99. The van der Waals surface area contributed by atoms with Gasteiger partial charge in [0.25, 0.3) is 0 Å². The highest BCUT2D eigenvalue weighted by atomic mass is 32.2. The van der Waals surface area contributed by atoms with Gasteiger partial charge in [-0.1, -0.05) is 26.7 Å². The predicted molar refractivity (Wildman–Crippen MR) is 44.6 cm³/mol. The van der Waals surface area contributed by atoms with Gasteiger partial charge in [0, 0.05) is 5.25 Å². The maximum absolute atomic E-state index is 10.1. The second-order valence-electron chi connectivity index (χ2n) is 2.34. The standard InChI is InChI=1S/C7H14O2S/c1-3-4-5-6(2)10-7(8)9/h6H,3-5H2,1-2H3,(H,8,9). The van der Waals surface area contributed by atoms with Crippen molar-refractivity contribution in [2.75, 3.05) is 0 Å². The number of thioether (sulfide) groups is 1. The summed E-state index contributed by atoms with van der Waals surface area (Å²) in [4.78, 5) is 10.1. The molecule has 0 saturated heterocycles. The van der Waals surface area contributed by atoms with Gasteiger partial charge in [-0.15, -0.1) is 0 Å². The van der Waals surface area contributed by atoms with Crippen molar-refractivity contribution >= 4 is 17.1 Å². The van der Waals surface area contributed by atoms with Crippen LogP contribution in [-0.4, -0.2) is 15.7 Å². The molecule has 0 aliphatic carbocycles. The third kappa shape index (κ3) is 5.95. The van der Waals surface area contributed by atoms with Gasteiger partial charge in [0.1, 0.15) is 0 Å². The van der Waals surface area contributed by atoms with Crippen molar-refractivity contribution in [3.8, 4) is 0 Å². The number of hydrogen-bond acceptors (Lipinski definition) is 2. The Labute approximate surface area is 66.0 Å². The smallest absolute Gasteiger partial charge is 0.365 e. The molecule has 10 heavy (non-hydrogen) atoms. The third-order valence-corrected chi connectivity index (χ3v) is 2.11. The van der Waals surface area contributed by atoms with Gasteiger partial charge in [-0.05, 0) is 18.2 Å². The van der Waals surface area contributed by atoms with E-state index >= 15 is 0 Å². The molecular weight excluding hydrogens is 148 g/mol. The van der Waals surface area contributed by atoms with Gasteiger partial charge in [-0.25, -0.2) is 4.79 Å². The van der Waals surface area contributed by atoms with Crippen LogP contribution in [-0.2, 0) is 0 Å². The van der Waals surface area contributed by atoms with Gasteiger partial charge in [-0.2, -0.15) is 0 Å². The average molecular weight is 162 g/mol. The molecule has 3 heteroatoms. The van der Waals surface area contributed by atoms with Gasteiger partial charge < -0.3 is 5.11 Å². The summed E-state index contributed by atoms with van der Waals surface area (Å²) in [6.45, 7) is 4.06. The zero-order chi connectivity index (χ0) is 7.98. The van der Waals surface area contributed by atoms with Gasteiger partial charge in [0.15, 0.2) is 0 Å². The summed E-state index contributed by atoms with van der Waals surface area (Å²) in [6, 6.07) is 0. The molecule has 0 heterocycles. The Morgan fingerprint density at radius 1 is 1.70 bits per heavy atom. The first kappa shape index (κ1) is 9.82. The Kier molecular flexibility index (Phi) is 5.49. The van der Waals surface area contributed by atoms with Crippen LogP contribution in [0.5, 0.6) is 0 Å². The van der Waals surface area contributed by atoms with Crippen molar-refractivity contribution in [1.82, 2.24) is 0 Å². The summed E-state index contributed by atoms with van der Waals surface area (Å²) in [5, 5.41) is 7.85. The lowest BCUT2D eigenvalue weighted by molar-refractivity contribution is 0.222. The van der Waals surface area contributed by atoms with Gasteiger partial charge in [0.05, 0.1) is 0 Å². The molecule has 0 fully saturated rings. The maximum Gasteiger partial charge on any atom is 0.365 e. The normalized spacial score (nSPS) is 13.0. The van der Waals surface area contributed by atoms with Crippen LogP contribution in [0.25, 0.3) is 0 Å². The van der Waals surface area contributed by atoms with E-state index in [0.29, 0.717) is 0 Å². The molecule has 0 aromatic heterocycles. The van der Waals surface area contributed by atoms with Gasteiger partial charge >= 0.3 is 5.30 Å². The van der Waals surface area contributed by atoms with Crippen LogP contribution in [0.4, 0.5) is 4.79 Å². The summed E-state index contributed by atoms with van der Waals surface area (Å²) in [6.07, 6.45) is 3.28. The Bertz CT molecular complexity index is 104. The Morgan fingerprint density at radius 2 is 2.30 bits per heavy atom. The van der Waals surface area contributed by atoms with E-state index in [2.05, 4.69) is 6.92 Å². The lowest BCUT2D eigenvalue weighted by atomic mass is 10.2. The quantitative estimate of drug-likeness (QED) is 0.690. The van der Waals surface area contributed by atoms with Crippen molar-refractivity contribution in [3.05, 3.63) is 0 Å². The molecule has 0 saturated carbocycles. The molecule has 0 amide bonds. The van der Waals surface area contributed by atoms with Crippen molar-refractivity contribution in [2.45, 2.75) is 38.4 Å². The average Bonchev–Trinajstić information content (AvgIpc) is 1.82. The molecule has 1 unspecified atom stereocenters. The SMILES string of the molecule is CCCCC(C)SC(=O)O. The van der Waals surface area contributed by atoms with E-state index in [9.17, 15) is 4.79 Å². The number of rotatable bonds is 4. The molecular formula is C7H14O2S. The van der Waals surface area contributed by atoms with Gasteiger partial charge in [0.2, 0.25) is 0 Å². The summed E-state index contributed by atoms with van der Waals surface area (Å²) in [5.41, 5.74) is 0. The van der Waals surface area contributed by atoms with E-state index in [1.54, 1.807) is 0 Å². The lowest BCUT2D eigenvalue weighted by Gasteiger charge is -2.04. The topological polar surface area (TPSA) is 37.3 Å². The fourth-order valence-corrected chi connectivity index (χ4v) is 1.35. The van der Waals surface area contributed by atoms with E-state index in [1.165, 1.54) is 0 Å². The first-order chi connectivity index (χ1) is 4.66. The van der Waals surface area contributed by atoms with Crippen LogP contribution in [0.1, 0.15) is 33.1 Å². The highest BCUT2D eigenvalue weighted by Gasteiger charge is 2.06. The summed E-state index contributed by atoms with van der Waals surface area (Å²) in [5.74, 6) is 0. The first-order valence-corrected chi connectivity index (χ1v) is 4.44. The van der Waals surface area contributed by atoms with Crippen LogP contribution >= 0.6 is 11.8 Å². The molecule has 0 aromatic carbocycles. The summed E-state index contributed by atoms with van der Waals surface area (Å²) in [7, 11) is 0. The molecule has 0 aliphatic heterocycles. The van der Waals surface area contributed by atoms with E-state index in [4.69, 9.17) is 5.11 Å². The van der Waals surface area contributed by atoms with Crippen LogP contribution in [0.15, 0.2) is 0 Å². The van der Waals surface area contributed by atoms with Crippen LogP contribution < -0.4 is 0 Å². The highest BCUT2D eigenvalue weighted by molar-refractivity contribution is 8.13. The van der Waals surface area contributed by atoms with Crippen molar-refractivity contribution in [3.63, 3.8) is 0 Å². The molecule has 2 nitrogen and oxygen atoms in total. The minimum atomic E-state index is -0.761. The first-order valence-electron chi connectivity index (χ1n) is 3.56. The molecule has 0 rings (SSSR count). The summed E-state index contributed by atoms with van der Waals surface area (Å²) >= 11 is 1.01. The van der Waals surface area contributed by atoms with Crippen LogP contribution in [0, 0.1) is 0 Å². The third-order valence-electron chi connectivity index (χ3n) is 1.27. The molecule has 0 aromatic rings. The predicted octanol–water partition coefficient (Wildman–Crippen LogP) is 2.98. The molecule has 60 valence electrons. The number of hydrogen-bond donors (Lipinski definition) is 1. The minimum absolute atomic E-state index is 0.262. The second-order valence-corrected chi connectivity index (χ2v) is 3.73. The van der Waals surface area contributed by atoms with Crippen molar-refractivity contribution in [1.29, 1.82) is 0 Å². The molecule has 1 atom stereocenters. The zero-order valence-corrected chi connectivity index (χ0v) is 7.28. The minimum Gasteiger partial charge on any atom is -0.473 e. The van der Waals surface area contributed by atoms with Gasteiger partial charge in [-0.3, -0.25) is 0 Å². The largest absolute Gasteiger partial charge is 0.473 e. The monoisotopic (exact) mass is 162 g/mol. The molecule has 0 spiro atoms. The van der Waals surface area contributed by atoms with Crippen molar-refractivity contribution < 1.29 is 9.90 Å². The fourth-order valence-electron chi connectivity index (χ4n) is 0.723. The maximum atomic E-state index is 10.1. The second kappa shape index (κ2) is 5.59. The Morgan fingerprint density at radius 3 is 2.70 bits per heavy atom. The fraction of sp³-hybridized carbons (Fsp3) is 0.857. The van der Waals surface area contributed by atoms with Crippen LogP contribution in [0.3, 0.4) is 0 Å². The zero-order valence-electron chi connectivity index (χ0n) is 6.46.